The van der Waals surface area contributed by atoms with Crippen molar-refractivity contribution in [2.45, 2.75) is 49.9 Å². The molecule has 6 rings (SSSR count). The van der Waals surface area contributed by atoms with Crippen LogP contribution in [0.2, 0.25) is 0 Å². The average molecular weight is 797 g/mol. The number of carboxylic acid groups (broad SMARTS) is 1. The lowest BCUT2D eigenvalue weighted by Crippen LogP contribution is -2.59. The highest BCUT2D eigenvalue weighted by Crippen LogP contribution is 2.27. The molecule has 0 aliphatic rings. The normalized spacial score (nSPS) is 13.2. The van der Waals surface area contributed by atoms with E-state index in [0.717, 1.165) is 10.5 Å². The van der Waals surface area contributed by atoms with E-state index in [0.29, 0.717) is 33.5 Å². The van der Waals surface area contributed by atoms with Crippen LogP contribution in [0, 0.1) is 0 Å². The Hall–Kier alpha value is -7.41. The van der Waals surface area contributed by atoms with Crippen molar-refractivity contribution >= 4 is 46.3 Å². The number of hydrogen-bond acceptors (Lipinski definition) is 13. The van der Waals surface area contributed by atoms with Gasteiger partial charge in [0.1, 0.15) is 29.9 Å². The maximum atomic E-state index is 14.0. The topological polar surface area (TPSA) is 276 Å². The van der Waals surface area contributed by atoms with E-state index >= 15 is 0 Å². The van der Waals surface area contributed by atoms with Crippen molar-refractivity contribution in [3.8, 4) is 11.4 Å². The van der Waals surface area contributed by atoms with Crippen molar-refractivity contribution in [1.82, 2.24) is 36.5 Å². The number of aliphatic hydroxyl groups is 1. The number of carbonyl (C=O) groups is 5. The van der Waals surface area contributed by atoms with Crippen LogP contribution < -0.4 is 26.6 Å². The van der Waals surface area contributed by atoms with Crippen LogP contribution in [0.1, 0.15) is 23.1 Å². The summed E-state index contributed by atoms with van der Waals surface area (Å²) < 4.78 is 14.3. The lowest BCUT2D eigenvalue weighted by atomic mass is 10.0. The Morgan fingerprint density at radius 2 is 1.14 bits per heavy atom. The van der Waals surface area contributed by atoms with Crippen LogP contribution in [0.15, 0.2) is 111 Å². The van der Waals surface area contributed by atoms with Crippen LogP contribution in [0.5, 0.6) is 5.75 Å². The number of nitrogens with one attached hydrogen (secondary N) is 5. The fourth-order valence-electron chi connectivity index (χ4n) is 6.01. The van der Waals surface area contributed by atoms with Gasteiger partial charge in [-0.1, -0.05) is 72.8 Å². The van der Waals surface area contributed by atoms with Crippen LogP contribution in [0.4, 0.5) is 5.69 Å². The number of aromatic hydroxyl groups is 1. The first-order valence-corrected chi connectivity index (χ1v) is 18.1. The quantitative estimate of drug-likeness (QED) is 0.0508. The molecule has 58 heavy (non-hydrogen) atoms. The number of amides is 4. The molecule has 0 saturated heterocycles. The molecule has 0 spiro atoms. The van der Waals surface area contributed by atoms with Gasteiger partial charge in [-0.05, 0) is 51.3 Å². The number of aliphatic hydroxyl groups excluding tert-OH is 1. The molecule has 4 amide bonds. The maximum absolute atomic E-state index is 14.0. The molecule has 4 aromatic carbocycles. The highest BCUT2D eigenvalue weighted by molar-refractivity contribution is 5.96. The summed E-state index contributed by atoms with van der Waals surface area (Å²) in [6.07, 6.45) is -0.187. The minimum absolute atomic E-state index is 0.0216. The summed E-state index contributed by atoms with van der Waals surface area (Å²) in [6.45, 7) is -0.759. The summed E-state index contributed by atoms with van der Waals surface area (Å²) in [5.74, 6) is -4.39. The number of phenolic OH excluding ortho intramolecular Hbond substituents is 1. The van der Waals surface area contributed by atoms with Crippen molar-refractivity contribution in [3.63, 3.8) is 0 Å². The van der Waals surface area contributed by atoms with Gasteiger partial charge in [-0.25, -0.2) is 9.42 Å². The third kappa shape index (κ3) is 10.9. The molecule has 0 saturated carbocycles. The average Bonchev–Trinajstić information content (AvgIpc) is 3.95. The van der Waals surface area contributed by atoms with E-state index in [2.05, 4.69) is 36.9 Å². The fourth-order valence-corrected chi connectivity index (χ4v) is 6.01. The third-order valence-electron chi connectivity index (χ3n) is 9.06. The highest BCUT2D eigenvalue weighted by Gasteiger charge is 2.32. The van der Waals surface area contributed by atoms with Gasteiger partial charge < -0.3 is 41.9 Å². The van der Waals surface area contributed by atoms with E-state index in [-0.39, 0.29) is 38.0 Å². The number of rotatable bonds is 20. The second-order valence-electron chi connectivity index (χ2n) is 13.3. The number of carboxylic acids is 1. The summed E-state index contributed by atoms with van der Waals surface area (Å²) >= 11 is 0. The van der Waals surface area contributed by atoms with Crippen molar-refractivity contribution in [3.05, 3.63) is 114 Å². The predicted octanol–water partition coefficient (Wildman–Crippen LogP) is 1.45. The van der Waals surface area contributed by atoms with Crippen molar-refractivity contribution in [2.24, 2.45) is 0 Å². The lowest BCUT2D eigenvalue weighted by molar-refractivity contribution is -0.142. The largest absolute Gasteiger partial charge is 0.508 e. The Bertz CT molecular complexity index is 2290. The van der Waals surface area contributed by atoms with Gasteiger partial charge in [0.25, 0.3) is 0 Å². The first kappa shape index (κ1) is 40.3. The third-order valence-corrected chi connectivity index (χ3v) is 9.06. The van der Waals surface area contributed by atoms with Crippen molar-refractivity contribution < 1.29 is 53.3 Å². The zero-order valence-electron chi connectivity index (χ0n) is 30.7. The van der Waals surface area contributed by atoms with Gasteiger partial charge in [0.2, 0.25) is 23.6 Å². The van der Waals surface area contributed by atoms with Gasteiger partial charge in [0.15, 0.2) is 16.7 Å². The number of carbonyl (C=O) groups excluding carboxylic acids is 4. The minimum Gasteiger partial charge on any atom is -0.508 e. The lowest BCUT2D eigenvalue weighted by Gasteiger charge is -2.26. The Morgan fingerprint density at radius 1 is 0.621 bits per heavy atom. The second-order valence-corrected chi connectivity index (χ2v) is 13.3. The van der Waals surface area contributed by atoms with Crippen LogP contribution in [-0.4, -0.2) is 97.5 Å². The van der Waals surface area contributed by atoms with Gasteiger partial charge >= 0.3 is 5.97 Å². The molecule has 0 fully saturated rings. The summed E-state index contributed by atoms with van der Waals surface area (Å²) in [7, 11) is 0. The number of benzene rings is 4. The highest BCUT2D eigenvalue weighted by atomic mass is 17.3. The smallest absolute Gasteiger partial charge is 0.326 e. The van der Waals surface area contributed by atoms with E-state index in [4.69, 9.17) is 14.0 Å². The molecular formula is C39H40N8O11. The number of phenols is 1. The molecule has 0 bridgehead atoms. The monoisotopic (exact) mass is 796 g/mol. The number of hydrogen-bond donors (Lipinski definition) is 8. The van der Waals surface area contributed by atoms with E-state index in [1.54, 1.807) is 72.8 Å². The van der Waals surface area contributed by atoms with E-state index in [1.165, 1.54) is 24.3 Å². The van der Waals surface area contributed by atoms with E-state index in [1.807, 2.05) is 0 Å². The van der Waals surface area contributed by atoms with E-state index < -0.39 is 60.4 Å². The fraction of sp³-hybridized carbons (Fsp3) is 0.256. The molecule has 2 aromatic heterocycles. The SMILES string of the molecule is O=C(CCNc1ccc(-n2oo2)c2nonc12)N[C@H](Cc1ccccc1)C(=O)N[C@H](Cc1ccccc1)C(=O)N[C@H](CO)C(=O)N[C@H](Cc1ccc(O)cc1)C(=O)O. The molecule has 0 aliphatic heterocycles. The molecule has 6 aromatic rings. The minimum atomic E-state index is -1.59. The zero-order chi connectivity index (χ0) is 41.0. The zero-order valence-corrected chi connectivity index (χ0v) is 30.7. The summed E-state index contributed by atoms with van der Waals surface area (Å²) in [5.41, 5.74) is 3.61. The van der Waals surface area contributed by atoms with Crippen LogP contribution >= 0.6 is 0 Å². The molecule has 4 atom stereocenters. The van der Waals surface area contributed by atoms with Crippen LogP contribution in [-0.2, 0) is 43.2 Å². The van der Waals surface area contributed by atoms with E-state index in [9.17, 15) is 39.3 Å². The number of nitrogens with zero attached hydrogens (tertiary/aromatic N) is 3. The van der Waals surface area contributed by atoms with Crippen molar-refractivity contribution in [2.75, 3.05) is 18.5 Å². The summed E-state index contributed by atoms with van der Waals surface area (Å²) in [5, 5.41) is 50.6. The summed E-state index contributed by atoms with van der Waals surface area (Å²) in [6, 6.07) is 21.3. The first-order valence-electron chi connectivity index (χ1n) is 18.1. The molecule has 0 aliphatic carbocycles. The number of aromatic nitrogens is 3. The number of fused-ring (bicyclic) bond motifs is 1. The molecule has 19 heteroatoms. The van der Waals surface area contributed by atoms with Crippen molar-refractivity contribution in [1.29, 1.82) is 0 Å². The predicted molar refractivity (Wildman–Crippen MR) is 203 cm³/mol. The van der Waals surface area contributed by atoms with Gasteiger partial charge in [0, 0.05) is 32.2 Å². The molecular weight excluding hydrogens is 756 g/mol. The van der Waals surface area contributed by atoms with Gasteiger partial charge in [-0.15, -0.1) is 9.36 Å². The van der Waals surface area contributed by atoms with Crippen LogP contribution in [0.25, 0.3) is 16.7 Å². The van der Waals surface area contributed by atoms with Gasteiger partial charge in [-0.3, -0.25) is 19.2 Å². The summed E-state index contributed by atoms with van der Waals surface area (Å²) in [4.78, 5) is 67.5. The molecule has 302 valence electrons. The Kier molecular flexibility index (Phi) is 13.2. The van der Waals surface area contributed by atoms with Crippen LogP contribution in [0.3, 0.4) is 0 Å². The Balaban J connectivity index is 1.13. The maximum Gasteiger partial charge on any atom is 0.326 e. The van der Waals surface area contributed by atoms with Gasteiger partial charge in [-0.2, -0.15) is 0 Å². The Morgan fingerprint density at radius 3 is 1.72 bits per heavy atom. The number of aliphatic carboxylic acids is 1. The standard InChI is InChI=1S/C39H40N8O11/c48-22-31(38(53)43-30(39(54)55)21-25-11-13-26(49)14-12-25)44-37(52)29(20-24-9-5-2-6-10-24)42-36(51)28(19-23-7-3-1-4-8-23)41-33(50)17-18-40-27-15-16-32(47-57-58-47)35-34(27)45-56-46-35/h1-16,28-31,40,48-49H,17-22H2,(H,41,50)(H,42,51)(H,43,53)(H,44,52)(H,54,55)/t28-,29-,30-,31-/m1/s1. The molecule has 0 unspecified atom stereocenters. The number of anilines is 1. The Labute approximate surface area is 329 Å². The molecule has 19 nitrogen and oxygen atoms in total. The molecule has 2 heterocycles. The van der Waals surface area contributed by atoms with Gasteiger partial charge in [0.05, 0.1) is 17.2 Å². The first-order chi connectivity index (χ1) is 28.1. The molecule has 0 radical (unpaired) electrons. The molecule has 8 N–H and O–H groups in total. The second kappa shape index (κ2) is 19.0.